The van der Waals surface area contributed by atoms with E-state index in [1.807, 2.05) is 36.4 Å². The van der Waals surface area contributed by atoms with Crippen molar-refractivity contribution in [3.63, 3.8) is 0 Å². The number of hydrogen-bond acceptors (Lipinski definition) is 2. The van der Waals surface area contributed by atoms with E-state index >= 15 is 0 Å². The number of carbonyl (C=O) groups is 1. The summed E-state index contributed by atoms with van der Waals surface area (Å²) in [5, 5.41) is 0. The van der Waals surface area contributed by atoms with Crippen molar-refractivity contribution >= 4 is 17.6 Å². The van der Waals surface area contributed by atoms with Crippen LogP contribution in [0.1, 0.15) is 16.7 Å². The van der Waals surface area contributed by atoms with Gasteiger partial charge in [-0.1, -0.05) is 72.3 Å². The molecule has 3 rings (SSSR count). The maximum atomic E-state index is 11.6. The van der Waals surface area contributed by atoms with E-state index in [1.54, 1.807) is 6.07 Å². The molecule has 0 amide bonds. The third-order valence-electron chi connectivity index (χ3n) is 4.01. The molecule has 0 unspecified atom stereocenters. The lowest BCUT2D eigenvalue weighted by Crippen LogP contribution is -2.09. The predicted octanol–water partition coefficient (Wildman–Crippen LogP) is 5.40. The average Bonchev–Trinajstić information content (AvgIpc) is 2.63. The van der Waals surface area contributed by atoms with E-state index in [2.05, 4.69) is 37.3 Å². The lowest BCUT2D eigenvalue weighted by Gasteiger charge is -2.14. The predicted molar refractivity (Wildman–Crippen MR) is 102 cm³/mol. The molecule has 0 radical (unpaired) electrons. The minimum absolute atomic E-state index is 0.168. The molecule has 0 spiro atoms. The van der Waals surface area contributed by atoms with E-state index in [1.165, 1.54) is 16.7 Å². The van der Waals surface area contributed by atoms with Gasteiger partial charge in [0, 0.05) is 5.56 Å². The fraction of sp³-hybridized carbons (Fsp3) is 0.136. The smallest absolute Gasteiger partial charge is 0.326 e. The minimum atomic E-state index is -0.453. The number of hydrogen-bond donors (Lipinski definition) is 0. The van der Waals surface area contributed by atoms with Crippen LogP contribution in [-0.4, -0.2) is 11.8 Å². The summed E-state index contributed by atoms with van der Waals surface area (Å²) in [7, 11) is 0. The summed E-state index contributed by atoms with van der Waals surface area (Å²) in [6.45, 7) is 2.08. The first-order chi connectivity index (χ1) is 12.2. The summed E-state index contributed by atoms with van der Waals surface area (Å²) in [5.74, 6) is -0.0869. The van der Waals surface area contributed by atoms with Gasteiger partial charge < -0.3 is 4.74 Å². The van der Waals surface area contributed by atoms with Crippen LogP contribution in [0.4, 0.5) is 0 Å². The van der Waals surface area contributed by atoms with Crippen molar-refractivity contribution in [2.45, 2.75) is 13.3 Å². The molecular formula is C22H19ClO2. The lowest BCUT2D eigenvalue weighted by atomic mass is 9.93. The number of rotatable bonds is 5. The summed E-state index contributed by atoms with van der Waals surface area (Å²) in [6, 6.07) is 24.2. The summed E-state index contributed by atoms with van der Waals surface area (Å²) in [4.78, 5) is 11.6. The molecule has 2 nitrogen and oxygen atoms in total. The van der Waals surface area contributed by atoms with Gasteiger partial charge in [0.1, 0.15) is 11.6 Å². The third kappa shape index (κ3) is 4.28. The Hall–Kier alpha value is -2.58. The highest BCUT2D eigenvalue weighted by Gasteiger charge is 2.13. The molecule has 3 aromatic carbocycles. The van der Waals surface area contributed by atoms with Crippen LogP contribution in [0.15, 0.2) is 72.8 Å². The molecule has 3 heteroatoms. The largest absolute Gasteiger partial charge is 0.425 e. The lowest BCUT2D eigenvalue weighted by molar-refractivity contribution is -0.131. The molecule has 0 saturated heterocycles. The second kappa shape index (κ2) is 8.00. The normalized spacial score (nSPS) is 10.5. The Labute approximate surface area is 153 Å². The molecule has 0 aromatic heterocycles. The summed E-state index contributed by atoms with van der Waals surface area (Å²) in [6.07, 6.45) is 0.815. The SMILES string of the molecule is Cc1ccc(-c2ccccc2OC(=O)CCl)c(Cc2ccccc2)c1. The monoisotopic (exact) mass is 350 g/mol. The van der Waals surface area contributed by atoms with Crippen LogP contribution in [0.2, 0.25) is 0 Å². The van der Waals surface area contributed by atoms with Gasteiger partial charge in [-0.2, -0.15) is 0 Å². The highest BCUT2D eigenvalue weighted by atomic mass is 35.5. The Morgan fingerprint density at radius 1 is 0.920 bits per heavy atom. The zero-order valence-corrected chi connectivity index (χ0v) is 14.8. The molecule has 0 aliphatic heterocycles. The first-order valence-corrected chi connectivity index (χ1v) is 8.70. The van der Waals surface area contributed by atoms with E-state index in [0.717, 1.165) is 17.5 Å². The fourth-order valence-electron chi connectivity index (χ4n) is 2.88. The number of alkyl halides is 1. The van der Waals surface area contributed by atoms with Gasteiger partial charge in [-0.15, -0.1) is 11.6 Å². The molecule has 0 saturated carbocycles. The van der Waals surface area contributed by atoms with Gasteiger partial charge in [0.25, 0.3) is 0 Å². The van der Waals surface area contributed by atoms with Crippen molar-refractivity contribution in [3.05, 3.63) is 89.5 Å². The number of aryl methyl sites for hydroxylation is 1. The summed E-state index contributed by atoms with van der Waals surface area (Å²) in [5.41, 5.74) is 5.59. The average molecular weight is 351 g/mol. The van der Waals surface area contributed by atoms with Crippen LogP contribution in [0, 0.1) is 6.92 Å². The van der Waals surface area contributed by atoms with Gasteiger partial charge in [-0.25, -0.2) is 0 Å². The molecule has 0 aliphatic rings. The van der Waals surface area contributed by atoms with E-state index in [9.17, 15) is 4.79 Å². The van der Waals surface area contributed by atoms with Gasteiger partial charge in [-0.05, 0) is 36.1 Å². The zero-order chi connectivity index (χ0) is 17.6. The van der Waals surface area contributed by atoms with Crippen molar-refractivity contribution in [3.8, 4) is 16.9 Å². The van der Waals surface area contributed by atoms with Gasteiger partial charge in [0.2, 0.25) is 0 Å². The fourth-order valence-corrected chi connectivity index (χ4v) is 2.93. The zero-order valence-electron chi connectivity index (χ0n) is 14.0. The van der Waals surface area contributed by atoms with Crippen LogP contribution in [0.5, 0.6) is 5.75 Å². The van der Waals surface area contributed by atoms with Crippen LogP contribution in [0.3, 0.4) is 0 Å². The highest BCUT2D eigenvalue weighted by Crippen LogP contribution is 2.34. The molecule has 3 aromatic rings. The Balaban J connectivity index is 2.04. The summed E-state index contributed by atoms with van der Waals surface area (Å²) < 4.78 is 5.41. The standard InChI is InChI=1S/C22H19ClO2/c1-16-11-12-19(18(13-16)14-17-7-3-2-4-8-17)20-9-5-6-10-21(20)25-22(24)15-23/h2-13H,14-15H2,1H3. The number of ether oxygens (including phenoxy) is 1. The summed E-state index contributed by atoms with van der Waals surface area (Å²) >= 11 is 5.59. The number of esters is 1. The van der Waals surface area contributed by atoms with Gasteiger partial charge in [0.15, 0.2) is 0 Å². The van der Waals surface area contributed by atoms with Crippen LogP contribution >= 0.6 is 11.6 Å². The maximum absolute atomic E-state index is 11.6. The van der Waals surface area contributed by atoms with Crippen molar-refractivity contribution in [2.75, 3.05) is 5.88 Å². The molecule has 25 heavy (non-hydrogen) atoms. The van der Waals surface area contributed by atoms with Crippen molar-refractivity contribution < 1.29 is 9.53 Å². The number of halogens is 1. The van der Waals surface area contributed by atoms with E-state index in [0.29, 0.717) is 5.75 Å². The Morgan fingerprint density at radius 3 is 2.40 bits per heavy atom. The molecule has 0 atom stereocenters. The van der Waals surface area contributed by atoms with E-state index in [4.69, 9.17) is 16.3 Å². The Bertz CT molecular complexity index is 872. The molecule has 0 aliphatic carbocycles. The van der Waals surface area contributed by atoms with Crippen LogP contribution in [0.25, 0.3) is 11.1 Å². The van der Waals surface area contributed by atoms with Crippen LogP contribution < -0.4 is 4.74 Å². The van der Waals surface area contributed by atoms with Gasteiger partial charge >= 0.3 is 5.97 Å². The molecular weight excluding hydrogens is 332 g/mol. The van der Waals surface area contributed by atoms with E-state index < -0.39 is 5.97 Å². The Kier molecular flexibility index (Phi) is 5.52. The second-order valence-electron chi connectivity index (χ2n) is 5.93. The molecule has 0 fully saturated rings. The molecule has 0 heterocycles. The quantitative estimate of drug-likeness (QED) is 0.350. The van der Waals surface area contributed by atoms with E-state index in [-0.39, 0.29) is 5.88 Å². The van der Waals surface area contributed by atoms with Crippen molar-refractivity contribution in [1.29, 1.82) is 0 Å². The highest BCUT2D eigenvalue weighted by molar-refractivity contribution is 6.26. The van der Waals surface area contributed by atoms with Gasteiger partial charge in [0.05, 0.1) is 0 Å². The second-order valence-corrected chi connectivity index (χ2v) is 6.19. The van der Waals surface area contributed by atoms with Gasteiger partial charge in [-0.3, -0.25) is 4.79 Å². The van der Waals surface area contributed by atoms with Crippen molar-refractivity contribution in [2.24, 2.45) is 0 Å². The molecule has 0 N–H and O–H groups in total. The van der Waals surface area contributed by atoms with Crippen LogP contribution in [-0.2, 0) is 11.2 Å². The number of carbonyl (C=O) groups excluding carboxylic acids is 1. The third-order valence-corrected chi connectivity index (χ3v) is 4.23. The molecule has 0 bridgehead atoms. The number of para-hydroxylation sites is 1. The number of benzene rings is 3. The minimum Gasteiger partial charge on any atom is -0.425 e. The first-order valence-electron chi connectivity index (χ1n) is 8.17. The Morgan fingerprint density at radius 2 is 1.64 bits per heavy atom. The molecule has 126 valence electrons. The first kappa shape index (κ1) is 17.2. The van der Waals surface area contributed by atoms with Crippen molar-refractivity contribution in [1.82, 2.24) is 0 Å². The topological polar surface area (TPSA) is 26.3 Å². The maximum Gasteiger partial charge on any atom is 0.326 e.